The van der Waals surface area contributed by atoms with Crippen molar-refractivity contribution in [3.63, 3.8) is 0 Å². The molecule has 1 saturated carbocycles. The van der Waals surface area contributed by atoms with Crippen LogP contribution in [0.3, 0.4) is 0 Å². The lowest BCUT2D eigenvalue weighted by atomic mass is 9.72. The summed E-state index contributed by atoms with van der Waals surface area (Å²) in [7, 11) is 0. The van der Waals surface area contributed by atoms with Crippen LogP contribution in [0.4, 0.5) is 0 Å². The zero-order valence-electron chi connectivity index (χ0n) is 14.4. The predicted molar refractivity (Wildman–Crippen MR) is 92.8 cm³/mol. The minimum atomic E-state index is 0.861. The van der Waals surface area contributed by atoms with Crippen LogP contribution >= 0.6 is 0 Å². The van der Waals surface area contributed by atoms with Crippen molar-refractivity contribution in [1.82, 2.24) is 5.32 Å². The van der Waals surface area contributed by atoms with Gasteiger partial charge in [-0.25, -0.2) is 0 Å². The van der Waals surface area contributed by atoms with Gasteiger partial charge in [-0.05, 0) is 87.1 Å². The molecule has 1 heteroatoms. The Labute approximate surface area is 131 Å². The molecule has 1 nitrogen and oxygen atoms in total. The van der Waals surface area contributed by atoms with E-state index in [1.807, 2.05) is 0 Å². The zero-order valence-corrected chi connectivity index (χ0v) is 14.4. The van der Waals surface area contributed by atoms with Crippen molar-refractivity contribution in [1.29, 1.82) is 0 Å². The number of benzene rings is 1. The van der Waals surface area contributed by atoms with E-state index >= 15 is 0 Å². The molecule has 1 N–H and O–H groups in total. The van der Waals surface area contributed by atoms with Gasteiger partial charge in [0.25, 0.3) is 0 Å². The molecule has 0 bridgehead atoms. The summed E-state index contributed by atoms with van der Waals surface area (Å²) >= 11 is 0. The second-order valence-electron chi connectivity index (χ2n) is 7.27. The Hall–Kier alpha value is -0.820. The summed E-state index contributed by atoms with van der Waals surface area (Å²) in [6.07, 6.45) is 6.75. The largest absolute Gasteiger partial charge is 0.316 e. The molecule has 1 aromatic rings. The lowest BCUT2D eigenvalue weighted by Crippen LogP contribution is -2.34. The summed E-state index contributed by atoms with van der Waals surface area (Å²) in [6.45, 7) is 11.5. The van der Waals surface area contributed by atoms with Crippen molar-refractivity contribution < 1.29 is 0 Å². The van der Waals surface area contributed by atoms with Crippen molar-refractivity contribution in [3.8, 4) is 0 Å². The first-order valence-electron chi connectivity index (χ1n) is 8.87. The summed E-state index contributed by atoms with van der Waals surface area (Å²) in [5.41, 5.74) is 4.40. The second kappa shape index (κ2) is 7.98. The monoisotopic (exact) mass is 287 g/mol. The Morgan fingerprint density at radius 3 is 2.62 bits per heavy atom. The molecule has 0 heterocycles. The van der Waals surface area contributed by atoms with E-state index in [-0.39, 0.29) is 0 Å². The summed E-state index contributed by atoms with van der Waals surface area (Å²) in [5.74, 6) is 2.64. The Balaban J connectivity index is 1.99. The topological polar surface area (TPSA) is 12.0 Å². The molecule has 0 amide bonds. The van der Waals surface area contributed by atoms with Gasteiger partial charge < -0.3 is 5.32 Å². The van der Waals surface area contributed by atoms with Gasteiger partial charge in [-0.2, -0.15) is 0 Å². The average molecular weight is 287 g/mol. The highest BCUT2D eigenvalue weighted by Crippen LogP contribution is 2.35. The molecule has 0 aliphatic heterocycles. The van der Waals surface area contributed by atoms with Crippen LogP contribution in [0.2, 0.25) is 0 Å². The highest BCUT2D eigenvalue weighted by atomic mass is 14.9. The van der Waals surface area contributed by atoms with Crippen LogP contribution in [0.5, 0.6) is 0 Å². The van der Waals surface area contributed by atoms with E-state index in [0.29, 0.717) is 0 Å². The van der Waals surface area contributed by atoms with E-state index in [9.17, 15) is 0 Å². The van der Waals surface area contributed by atoms with E-state index < -0.39 is 0 Å². The van der Waals surface area contributed by atoms with Crippen molar-refractivity contribution in [3.05, 3.63) is 34.9 Å². The molecule has 1 aromatic carbocycles. The van der Waals surface area contributed by atoms with Gasteiger partial charge in [-0.15, -0.1) is 0 Å². The smallest absolute Gasteiger partial charge is 0.00178 e. The third kappa shape index (κ3) is 4.85. The van der Waals surface area contributed by atoms with Gasteiger partial charge in [0.1, 0.15) is 0 Å². The summed E-state index contributed by atoms with van der Waals surface area (Å²) < 4.78 is 0. The van der Waals surface area contributed by atoms with Crippen LogP contribution in [0.25, 0.3) is 0 Å². The predicted octanol–water partition coefficient (Wildman–Crippen LogP) is 4.90. The third-order valence-corrected chi connectivity index (χ3v) is 5.30. The van der Waals surface area contributed by atoms with Gasteiger partial charge in [0.05, 0.1) is 0 Å². The van der Waals surface area contributed by atoms with Crippen LogP contribution in [0.15, 0.2) is 18.2 Å². The molecule has 0 radical (unpaired) electrons. The maximum absolute atomic E-state index is 3.66. The first kappa shape index (κ1) is 16.5. The van der Waals surface area contributed by atoms with Crippen LogP contribution < -0.4 is 5.32 Å². The maximum atomic E-state index is 3.66. The van der Waals surface area contributed by atoms with E-state index in [4.69, 9.17) is 0 Å². The lowest BCUT2D eigenvalue weighted by molar-refractivity contribution is 0.184. The molecular formula is C20H33N. The van der Waals surface area contributed by atoms with E-state index in [1.165, 1.54) is 61.9 Å². The van der Waals surface area contributed by atoms with Gasteiger partial charge in [0.2, 0.25) is 0 Å². The summed E-state index contributed by atoms with van der Waals surface area (Å²) in [5, 5.41) is 3.66. The summed E-state index contributed by atoms with van der Waals surface area (Å²) in [4.78, 5) is 0. The molecule has 1 fully saturated rings. The zero-order chi connectivity index (χ0) is 15.2. The number of nitrogens with one attached hydrogen (secondary N) is 1. The molecule has 0 saturated heterocycles. The molecule has 2 rings (SSSR count). The Bertz CT molecular complexity index is 437. The van der Waals surface area contributed by atoms with Gasteiger partial charge in [0.15, 0.2) is 0 Å². The number of hydrogen-bond acceptors (Lipinski definition) is 1. The molecule has 1 aliphatic rings. The molecule has 21 heavy (non-hydrogen) atoms. The van der Waals surface area contributed by atoms with E-state index in [0.717, 1.165) is 17.8 Å². The number of hydrogen-bond donors (Lipinski definition) is 1. The normalized spacial score (nSPS) is 26.0. The first-order chi connectivity index (χ1) is 10.1. The van der Waals surface area contributed by atoms with E-state index in [1.54, 1.807) is 0 Å². The van der Waals surface area contributed by atoms with Gasteiger partial charge in [-0.1, -0.05) is 38.5 Å². The van der Waals surface area contributed by atoms with Crippen molar-refractivity contribution in [2.24, 2.45) is 17.8 Å². The molecule has 1 aliphatic carbocycles. The lowest BCUT2D eigenvalue weighted by Gasteiger charge is -2.35. The molecule has 0 aromatic heterocycles. The number of aryl methyl sites for hydroxylation is 2. The van der Waals surface area contributed by atoms with Gasteiger partial charge >= 0.3 is 0 Å². The molecular weight excluding hydrogens is 254 g/mol. The first-order valence-corrected chi connectivity index (χ1v) is 8.87. The standard InChI is InChI=1S/C20H33N/c1-5-10-21-14-19-9-6-15(2)11-20(19)13-18-8-7-16(3)17(4)12-18/h7-8,12,15,19-21H,5-6,9-11,13-14H2,1-4H3. The Morgan fingerprint density at radius 2 is 1.90 bits per heavy atom. The molecule has 3 unspecified atom stereocenters. The summed E-state index contributed by atoms with van der Waals surface area (Å²) in [6, 6.07) is 7.05. The van der Waals surface area contributed by atoms with Crippen molar-refractivity contribution in [2.45, 2.75) is 59.8 Å². The maximum Gasteiger partial charge on any atom is -0.00178 e. The van der Waals surface area contributed by atoms with Gasteiger partial charge in [-0.3, -0.25) is 0 Å². The van der Waals surface area contributed by atoms with Crippen LogP contribution in [-0.4, -0.2) is 13.1 Å². The Morgan fingerprint density at radius 1 is 1.10 bits per heavy atom. The molecule has 118 valence electrons. The van der Waals surface area contributed by atoms with Crippen molar-refractivity contribution in [2.75, 3.05) is 13.1 Å². The second-order valence-corrected chi connectivity index (χ2v) is 7.27. The van der Waals surface area contributed by atoms with Gasteiger partial charge in [0, 0.05) is 0 Å². The molecule has 0 spiro atoms. The van der Waals surface area contributed by atoms with Crippen LogP contribution in [0.1, 0.15) is 56.2 Å². The number of rotatable bonds is 6. The third-order valence-electron chi connectivity index (χ3n) is 5.30. The quantitative estimate of drug-likeness (QED) is 0.734. The fraction of sp³-hybridized carbons (Fsp3) is 0.700. The van der Waals surface area contributed by atoms with Crippen molar-refractivity contribution >= 4 is 0 Å². The highest BCUT2D eigenvalue weighted by Gasteiger charge is 2.28. The van der Waals surface area contributed by atoms with Crippen LogP contribution in [0, 0.1) is 31.6 Å². The SMILES string of the molecule is CCCNCC1CCC(C)CC1Cc1ccc(C)c(C)c1. The fourth-order valence-corrected chi connectivity index (χ4v) is 3.78. The van der Waals surface area contributed by atoms with E-state index in [2.05, 4.69) is 51.2 Å². The minimum Gasteiger partial charge on any atom is -0.316 e. The van der Waals surface area contributed by atoms with Crippen LogP contribution in [-0.2, 0) is 6.42 Å². The fourth-order valence-electron chi connectivity index (χ4n) is 3.78. The Kier molecular flexibility index (Phi) is 6.29. The minimum absolute atomic E-state index is 0.861. The highest BCUT2D eigenvalue weighted by molar-refractivity contribution is 5.30. The average Bonchev–Trinajstić information content (AvgIpc) is 2.45. The molecule has 3 atom stereocenters.